The zero-order chi connectivity index (χ0) is 15.6. The molecule has 1 aromatic carbocycles. The summed E-state index contributed by atoms with van der Waals surface area (Å²) in [6.07, 6.45) is 0. The van der Waals surface area contributed by atoms with Crippen molar-refractivity contribution in [3.8, 4) is 0 Å². The number of aliphatic carboxylic acids is 1. The van der Waals surface area contributed by atoms with Gasteiger partial charge in [0.25, 0.3) is 5.91 Å². The van der Waals surface area contributed by atoms with Crippen molar-refractivity contribution in [2.75, 3.05) is 26.2 Å². The third-order valence-electron chi connectivity index (χ3n) is 3.80. The van der Waals surface area contributed by atoms with Gasteiger partial charge in [-0.1, -0.05) is 15.9 Å². The fourth-order valence-corrected chi connectivity index (χ4v) is 3.12. The first-order chi connectivity index (χ1) is 9.88. The lowest BCUT2D eigenvalue weighted by Crippen LogP contribution is -2.53. The molecule has 1 unspecified atom stereocenters. The maximum Gasteiger partial charge on any atom is 0.320 e. The van der Waals surface area contributed by atoms with E-state index in [2.05, 4.69) is 15.9 Å². The van der Waals surface area contributed by atoms with Gasteiger partial charge in [0.2, 0.25) is 0 Å². The van der Waals surface area contributed by atoms with E-state index in [0.717, 1.165) is 10.0 Å². The highest BCUT2D eigenvalue weighted by Gasteiger charge is 2.27. The van der Waals surface area contributed by atoms with E-state index in [1.807, 2.05) is 30.0 Å². The summed E-state index contributed by atoms with van der Waals surface area (Å²) >= 11 is 3.41. The second kappa shape index (κ2) is 6.58. The van der Waals surface area contributed by atoms with E-state index in [1.165, 1.54) is 0 Å². The molecule has 6 heteroatoms. The van der Waals surface area contributed by atoms with E-state index in [9.17, 15) is 9.59 Å². The summed E-state index contributed by atoms with van der Waals surface area (Å²) < 4.78 is 0.893. The summed E-state index contributed by atoms with van der Waals surface area (Å²) in [4.78, 5) is 27.1. The number of benzene rings is 1. The van der Waals surface area contributed by atoms with Crippen molar-refractivity contribution in [2.45, 2.75) is 19.9 Å². The molecule has 1 saturated heterocycles. The van der Waals surface area contributed by atoms with Crippen LogP contribution in [-0.4, -0.2) is 59.0 Å². The minimum atomic E-state index is -0.822. The molecule has 1 atom stereocenters. The number of carbonyl (C=O) groups is 2. The van der Waals surface area contributed by atoms with Crippen molar-refractivity contribution in [1.29, 1.82) is 0 Å². The average Bonchev–Trinajstić information content (AvgIpc) is 2.44. The molecule has 0 bridgehead atoms. The van der Waals surface area contributed by atoms with Crippen molar-refractivity contribution in [2.24, 2.45) is 0 Å². The molecule has 0 radical (unpaired) electrons. The minimum absolute atomic E-state index is 0.00188. The number of rotatable bonds is 3. The molecule has 5 nitrogen and oxygen atoms in total. The Balaban J connectivity index is 2.01. The Morgan fingerprint density at radius 3 is 2.33 bits per heavy atom. The largest absolute Gasteiger partial charge is 0.480 e. The Morgan fingerprint density at radius 1 is 1.19 bits per heavy atom. The number of hydrogen-bond acceptors (Lipinski definition) is 3. The van der Waals surface area contributed by atoms with Gasteiger partial charge in [0, 0.05) is 36.2 Å². The fraction of sp³-hybridized carbons (Fsp3) is 0.467. The summed E-state index contributed by atoms with van der Waals surface area (Å²) in [5.74, 6) is -0.820. The highest BCUT2D eigenvalue weighted by molar-refractivity contribution is 9.10. The predicted octanol–water partition coefficient (Wildman–Crippen LogP) is 1.99. The highest BCUT2D eigenvalue weighted by atomic mass is 79.9. The Hall–Kier alpha value is -1.40. The van der Waals surface area contributed by atoms with Crippen LogP contribution >= 0.6 is 15.9 Å². The van der Waals surface area contributed by atoms with Crippen LogP contribution in [0.4, 0.5) is 0 Å². The Kier molecular flexibility index (Phi) is 5.00. The number of amides is 1. The first-order valence-corrected chi connectivity index (χ1v) is 7.71. The maximum atomic E-state index is 12.5. The van der Waals surface area contributed by atoms with E-state index in [-0.39, 0.29) is 5.91 Å². The lowest BCUT2D eigenvalue weighted by Gasteiger charge is -2.36. The van der Waals surface area contributed by atoms with Crippen molar-refractivity contribution in [3.63, 3.8) is 0 Å². The number of halogens is 1. The Labute approximate surface area is 132 Å². The topological polar surface area (TPSA) is 60.9 Å². The fourth-order valence-electron chi connectivity index (χ4n) is 2.51. The van der Waals surface area contributed by atoms with Gasteiger partial charge in [-0.3, -0.25) is 14.5 Å². The van der Waals surface area contributed by atoms with Gasteiger partial charge in [-0.15, -0.1) is 0 Å². The number of aryl methyl sites for hydroxylation is 1. The molecule has 1 heterocycles. The molecular formula is C15H19BrN2O3. The third kappa shape index (κ3) is 3.83. The lowest BCUT2D eigenvalue weighted by molar-refractivity contribution is -0.143. The molecule has 1 amide bonds. The number of hydrogen-bond donors (Lipinski definition) is 1. The van der Waals surface area contributed by atoms with Crippen LogP contribution in [0.3, 0.4) is 0 Å². The minimum Gasteiger partial charge on any atom is -0.480 e. The predicted molar refractivity (Wildman–Crippen MR) is 83.5 cm³/mol. The number of carboxylic acid groups (broad SMARTS) is 1. The third-order valence-corrected chi connectivity index (χ3v) is 4.25. The monoisotopic (exact) mass is 354 g/mol. The Bertz CT molecular complexity index is 534. The summed E-state index contributed by atoms with van der Waals surface area (Å²) in [5.41, 5.74) is 1.70. The van der Waals surface area contributed by atoms with E-state index >= 15 is 0 Å². The molecule has 1 N–H and O–H groups in total. The number of nitrogens with zero attached hydrogens (tertiary/aromatic N) is 2. The van der Waals surface area contributed by atoms with Crippen LogP contribution in [0.25, 0.3) is 0 Å². The van der Waals surface area contributed by atoms with Crippen molar-refractivity contribution < 1.29 is 14.7 Å². The van der Waals surface area contributed by atoms with Gasteiger partial charge < -0.3 is 10.0 Å². The van der Waals surface area contributed by atoms with E-state index in [1.54, 1.807) is 11.8 Å². The second-order valence-corrected chi connectivity index (χ2v) is 6.28. The van der Waals surface area contributed by atoms with E-state index in [0.29, 0.717) is 31.7 Å². The molecule has 0 aromatic heterocycles. The molecule has 0 saturated carbocycles. The standard InChI is InChI=1S/C15H19BrN2O3/c1-10-7-12(9-13(16)8-10)14(19)18-5-3-17(4-6-18)11(2)15(20)21/h7-9,11H,3-6H2,1-2H3,(H,20,21). The van der Waals surface area contributed by atoms with Gasteiger partial charge in [0.15, 0.2) is 0 Å². The molecule has 0 spiro atoms. The van der Waals surface area contributed by atoms with Gasteiger partial charge in [-0.25, -0.2) is 0 Å². The van der Waals surface area contributed by atoms with Gasteiger partial charge in [0.1, 0.15) is 6.04 Å². The summed E-state index contributed by atoms with van der Waals surface area (Å²) in [5, 5.41) is 9.02. The second-order valence-electron chi connectivity index (χ2n) is 5.36. The number of piperazine rings is 1. The molecule has 0 aliphatic carbocycles. The quantitative estimate of drug-likeness (QED) is 0.901. The highest BCUT2D eigenvalue weighted by Crippen LogP contribution is 2.18. The summed E-state index contributed by atoms with van der Waals surface area (Å²) in [6.45, 7) is 5.92. The van der Waals surface area contributed by atoms with Crippen LogP contribution in [0.2, 0.25) is 0 Å². The molecule has 1 aliphatic heterocycles. The SMILES string of the molecule is Cc1cc(Br)cc(C(=O)N2CCN(C(C)C(=O)O)CC2)c1. The van der Waals surface area contributed by atoms with Gasteiger partial charge in [-0.2, -0.15) is 0 Å². The molecule has 1 aliphatic rings. The van der Waals surface area contributed by atoms with E-state index in [4.69, 9.17) is 5.11 Å². The van der Waals surface area contributed by atoms with Crippen molar-refractivity contribution >= 4 is 27.8 Å². The molecular weight excluding hydrogens is 336 g/mol. The average molecular weight is 355 g/mol. The van der Waals surface area contributed by atoms with Gasteiger partial charge in [-0.05, 0) is 37.6 Å². The van der Waals surface area contributed by atoms with Crippen LogP contribution in [0.5, 0.6) is 0 Å². The first-order valence-electron chi connectivity index (χ1n) is 6.92. The number of carboxylic acids is 1. The van der Waals surface area contributed by atoms with Gasteiger partial charge >= 0.3 is 5.97 Å². The van der Waals surface area contributed by atoms with Crippen LogP contribution < -0.4 is 0 Å². The molecule has 2 rings (SSSR count). The molecule has 21 heavy (non-hydrogen) atoms. The van der Waals surface area contributed by atoms with E-state index < -0.39 is 12.0 Å². The number of carbonyl (C=O) groups excluding carboxylic acids is 1. The van der Waals surface area contributed by atoms with Crippen LogP contribution in [-0.2, 0) is 4.79 Å². The zero-order valence-corrected chi connectivity index (χ0v) is 13.8. The Morgan fingerprint density at radius 2 is 1.81 bits per heavy atom. The molecule has 1 fully saturated rings. The normalized spacial score (nSPS) is 17.6. The molecule has 114 valence electrons. The molecule has 1 aromatic rings. The van der Waals surface area contributed by atoms with Crippen molar-refractivity contribution in [1.82, 2.24) is 9.80 Å². The maximum absolute atomic E-state index is 12.5. The van der Waals surface area contributed by atoms with Crippen molar-refractivity contribution in [3.05, 3.63) is 33.8 Å². The smallest absolute Gasteiger partial charge is 0.320 e. The van der Waals surface area contributed by atoms with Crippen LogP contribution in [0.15, 0.2) is 22.7 Å². The zero-order valence-electron chi connectivity index (χ0n) is 12.2. The van der Waals surface area contributed by atoms with Crippen LogP contribution in [0.1, 0.15) is 22.8 Å². The lowest BCUT2D eigenvalue weighted by atomic mass is 10.1. The first kappa shape index (κ1) is 16.0. The summed E-state index contributed by atoms with van der Waals surface area (Å²) in [7, 11) is 0. The van der Waals surface area contributed by atoms with Gasteiger partial charge in [0.05, 0.1) is 0 Å². The van der Waals surface area contributed by atoms with Crippen LogP contribution in [0, 0.1) is 6.92 Å². The summed E-state index contributed by atoms with van der Waals surface area (Å²) in [6, 6.07) is 5.15.